The van der Waals surface area contributed by atoms with Gasteiger partial charge in [0.15, 0.2) is 0 Å². The van der Waals surface area contributed by atoms with Crippen LogP contribution in [0.15, 0.2) is 41.9 Å². The van der Waals surface area contributed by atoms with Gasteiger partial charge in [-0.1, -0.05) is 19.1 Å². The molecule has 0 aliphatic carbocycles. The zero-order valence-corrected chi connectivity index (χ0v) is 17.8. The fourth-order valence-corrected chi connectivity index (χ4v) is 4.45. The third kappa shape index (κ3) is 4.10. The van der Waals surface area contributed by atoms with E-state index in [1.807, 2.05) is 29.4 Å². The van der Waals surface area contributed by atoms with Crippen LogP contribution in [0.3, 0.4) is 0 Å². The van der Waals surface area contributed by atoms with Crippen LogP contribution in [0.2, 0.25) is 0 Å². The first-order valence-electron chi connectivity index (χ1n) is 10.8. The minimum absolute atomic E-state index is 0.0540. The number of ether oxygens (including phenoxy) is 1. The number of pyridine rings is 1. The standard InChI is InChI=1S/C24H30N4O2/c1-3-17-4-5-20(21-14-26-10-6-19(17)21)24(25)22-15-28(16(2)29)11-7-23(22)27-18-8-12-30-13-9-18/h4-6,10,14,18,25,27H,3,7-9,11-13,15H2,1-2H3. The maximum atomic E-state index is 12.1. The van der Waals surface area contributed by atoms with E-state index < -0.39 is 0 Å². The van der Waals surface area contributed by atoms with Crippen LogP contribution < -0.4 is 5.32 Å². The maximum Gasteiger partial charge on any atom is 0.219 e. The molecule has 0 radical (unpaired) electrons. The normalized spacial score (nSPS) is 18.0. The average Bonchev–Trinajstić information content (AvgIpc) is 2.78. The predicted octanol–water partition coefficient (Wildman–Crippen LogP) is 3.44. The Hall–Kier alpha value is -2.73. The minimum atomic E-state index is 0.0540. The second-order valence-corrected chi connectivity index (χ2v) is 8.10. The molecular formula is C24H30N4O2. The number of nitrogens with zero attached hydrogens (tertiary/aromatic N) is 2. The van der Waals surface area contributed by atoms with Gasteiger partial charge in [-0.3, -0.25) is 15.2 Å². The van der Waals surface area contributed by atoms with Gasteiger partial charge >= 0.3 is 0 Å². The van der Waals surface area contributed by atoms with Crippen molar-refractivity contribution in [1.29, 1.82) is 5.41 Å². The Bertz CT molecular complexity index is 992. The SMILES string of the molecule is CCc1ccc(C(=N)C2=C(NC3CCOCC3)CCN(C(C)=O)C2)c2cnccc12. The molecule has 6 heteroatoms. The number of rotatable bonds is 5. The summed E-state index contributed by atoms with van der Waals surface area (Å²) >= 11 is 0. The first-order chi connectivity index (χ1) is 14.6. The van der Waals surface area contributed by atoms with Crippen LogP contribution >= 0.6 is 0 Å². The quantitative estimate of drug-likeness (QED) is 0.746. The van der Waals surface area contributed by atoms with Gasteiger partial charge < -0.3 is 15.0 Å². The highest BCUT2D eigenvalue weighted by Gasteiger charge is 2.27. The summed E-state index contributed by atoms with van der Waals surface area (Å²) in [6.45, 7) is 6.45. The lowest BCUT2D eigenvalue weighted by Gasteiger charge is -2.34. The van der Waals surface area contributed by atoms with Crippen molar-refractivity contribution in [3.05, 3.63) is 53.0 Å². The van der Waals surface area contributed by atoms with Gasteiger partial charge in [0, 0.05) is 80.3 Å². The number of aromatic nitrogens is 1. The smallest absolute Gasteiger partial charge is 0.219 e. The van der Waals surface area contributed by atoms with E-state index in [0.29, 0.717) is 24.8 Å². The van der Waals surface area contributed by atoms with Crippen molar-refractivity contribution in [2.24, 2.45) is 0 Å². The lowest BCUT2D eigenvalue weighted by Crippen LogP contribution is -2.43. The molecule has 0 atom stereocenters. The van der Waals surface area contributed by atoms with Crippen molar-refractivity contribution < 1.29 is 9.53 Å². The third-order valence-electron chi connectivity index (χ3n) is 6.25. The number of hydrogen-bond acceptors (Lipinski definition) is 5. The predicted molar refractivity (Wildman–Crippen MR) is 119 cm³/mol. The Balaban J connectivity index is 1.74. The van der Waals surface area contributed by atoms with Crippen LogP contribution in [0.4, 0.5) is 0 Å². The van der Waals surface area contributed by atoms with Gasteiger partial charge in [0.25, 0.3) is 0 Å². The van der Waals surface area contributed by atoms with Crippen molar-refractivity contribution in [3.63, 3.8) is 0 Å². The van der Waals surface area contributed by atoms with Gasteiger partial charge in [-0.25, -0.2) is 0 Å². The molecule has 30 heavy (non-hydrogen) atoms. The molecule has 2 aliphatic rings. The highest BCUT2D eigenvalue weighted by atomic mass is 16.5. The molecule has 4 rings (SSSR count). The number of aryl methyl sites for hydroxylation is 1. The van der Waals surface area contributed by atoms with Crippen LogP contribution in [0, 0.1) is 5.41 Å². The van der Waals surface area contributed by atoms with Crippen LogP contribution in [-0.4, -0.2) is 53.8 Å². The van der Waals surface area contributed by atoms with Crippen molar-refractivity contribution in [1.82, 2.24) is 15.2 Å². The molecule has 1 aromatic carbocycles. The second kappa shape index (κ2) is 8.96. The summed E-state index contributed by atoms with van der Waals surface area (Å²) in [6, 6.07) is 6.55. The van der Waals surface area contributed by atoms with Crippen molar-refractivity contribution in [3.8, 4) is 0 Å². The van der Waals surface area contributed by atoms with Crippen LogP contribution in [0.1, 0.15) is 44.2 Å². The molecule has 3 heterocycles. The van der Waals surface area contributed by atoms with Gasteiger partial charge in [-0.15, -0.1) is 0 Å². The molecule has 2 aliphatic heterocycles. The molecule has 1 amide bonds. The first kappa shape index (κ1) is 20.5. The van der Waals surface area contributed by atoms with Crippen LogP contribution in [-0.2, 0) is 16.0 Å². The molecular weight excluding hydrogens is 376 g/mol. The average molecular weight is 407 g/mol. The Morgan fingerprint density at radius 2 is 2.07 bits per heavy atom. The van der Waals surface area contributed by atoms with E-state index in [9.17, 15) is 4.79 Å². The van der Waals surface area contributed by atoms with Crippen LogP contribution in [0.25, 0.3) is 10.8 Å². The van der Waals surface area contributed by atoms with Gasteiger partial charge in [0.1, 0.15) is 0 Å². The second-order valence-electron chi connectivity index (χ2n) is 8.10. The summed E-state index contributed by atoms with van der Waals surface area (Å²) in [5, 5.41) is 15.0. The van der Waals surface area contributed by atoms with E-state index in [1.165, 1.54) is 5.56 Å². The molecule has 2 aromatic rings. The first-order valence-corrected chi connectivity index (χ1v) is 10.8. The summed E-state index contributed by atoms with van der Waals surface area (Å²) in [4.78, 5) is 18.2. The number of amides is 1. The molecule has 0 bridgehead atoms. The van der Waals surface area contributed by atoms with Crippen molar-refractivity contribution in [2.45, 2.75) is 45.6 Å². The Kier molecular flexibility index (Phi) is 6.13. The summed E-state index contributed by atoms with van der Waals surface area (Å²) in [7, 11) is 0. The fourth-order valence-electron chi connectivity index (χ4n) is 4.45. The van der Waals surface area contributed by atoms with Crippen LogP contribution in [0.5, 0.6) is 0 Å². The molecule has 0 saturated carbocycles. The molecule has 1 aromatic heterocycles. The Labute approximate surface area is 177 Å². The molecule has 6 nitrogen and oxygen atoms in total. The van der Waals surface area contributed by atoms with Crippen molar-refractivity contribution in [2.75, 3.05) is 26.3 Å². The lowest BCUT2D eigenvalue weighted by atomic mass is 9.91. The topological polar surface area (TPSA) is 78.3 Å². The van der Waals surface area contributed by atoms with Gasteiger partial charge in [0.05, 0.1) is 5.71 Å². The Morgan fingerprint density at radius 1 is 1.27 bits per heavy atom. The number of benzene rings is 1. The summed E-state index contributed by atoms with van der Waals surface area (Å²) in [5.41, 5.74) is 4.63. The number of carbonyl (C=O) groups is 1. The Morgan fingerprint density at radius 3 is 2.80 bits per heavy atom. The molecule has 1 saturated heterocycles. The summed E-state index contributed by atoms with van der Waals surface area (Å²) in [5.74, 6) is 0.0540. The zero-order valence-electron chi connectivity index (χ0n) is 17.8. The molecule has 158 valence electrons. The molecule has 0 unspecified atom stereocenters. The van der Waals surface area contributed by atoms with Gasteiger partial charge in [-0.2, -0.15) is 0 Å². The molecule has 0 spiro atoms. The third-order valence-corrected chi connectivity index (χ3v) is 6.25. The number of nitrogens with one attached hydrogen (secondary N) is 2. The maximum absolute atomic E-state index is 12.1. The fraction of sp³-hybridized carbons (Fsp3) is 0.458. The van der Waals surface area contributed by atoms with E-state index >= 15 is 0 Å². The number of fused-ring (bicyclic) bond motifs is 1. The lowest BCUT2D eigenvalue weighted by molar-refractivity contribution is -0.128. The van der Waals surface area contributed by atoms with E-state index in [1.54, 1.807) is 6.92 Å². The van der Waals surface area contributed by atoms with E-state index in [-0.39, 0.29) is 5.91 Å². The van der Waals surface area contributed by atoms with E-state index in [0.717, 1.165) is 66.5 Å². The van der Waals surface area contributed by atoms with Crippen molar-refractivity contribution >= 4 is 22.4 Å². The largest absolute Gasteiger partial charge is 0.385 e. The molecule has 2 N–H and O–H groups in total. The summed E-state index contributed by atoms with van der Waals surface area (Å²) in [6.07, 6.45) is 7.29. The number of hydrogen-bond donors (Lipinski definition) is 2. The minimum Gasteiger partial charge on any atom is -0.385 e. The van der Waals surface area contributed by atoms with E-state index in [4.69, 9.17) is 10.1 Å². The number of carbonyl (C=O) groups excluding carboxylic acids is 1. The monoisotopic (exact) mass is 406 g/mol. The highest BCUT2D eigenvalue weighted by Crippen LogP contribution is 2.28. The van der Waals surface area contributed by atoms with E-state index in [2.05, 4.69) is 23.3 Å². The van der Waals surface area contributed by atoms with Gasteiger partial charge in [0.2, 0.25) is 5.91 Å². The highest BCUT2D eigenvalue weighted by molar-refractivity contribution is 6.18. The zero-order chi connectivity index (χ0) is 21.1. The molecule has 1 fully saturated rings. The summed E-state index contributed by atoms with van der Waals surface area (Å²) < 4.78 is 5.49. The van der Waals surface area contributed by atoms with Gasteiger partial charge in [-0.05, 0) is 36.3 Å².